The Hall–Kier alpha value is -2.81. The Balaban J connectivity index is 1.57. The summed E-state index contributed by atoms with van der Waals surface area (Å²) < 4.78 is 11.3. The highest BCUT2D eigenvalue weighted by molar-refractivity contribution is 6.05. The number of hydrogen-bond donors (Lipinski definition) is 0. The first-order valence-corrected chi connectivity index (χ1v) is 11.0. The molecule has 0 unspecified atom stereocenters. The highest BCUT2D eigenvalue weighted by atomic mass is 16.5. The summed E-state index contributed by atoms with van der Waals surface area (Å²) >= 11 is 0. The molecule has 1 heterocycles. The summed E-state index contributed by atoms with van der Waals surface area (Å²) in [6.45, 7) is 7.07. The van der Waals surface area contributed by atoms with Crippen molar-refractivity contribution < 1.29 is 14.3 Å². The van der Waals surface area contributed by atoms with Gasteiger partial charge in [-0.25, -0.2) is 4.79 Å². The Bertz CT molecular complexity index is 920. The van der Waals surface area contributed by atoms with E-state index in [1.165, 1.54) is 37.7 Å². The van der Waals surface area contributed by atoms with Crippen LogP contribution in [-0.4, -0.2) is 12.6 Å². The molecule has 0 radical (unpaired) electrons. The second-order valence-electron chi connectivity index (χ2n) is 8.00. The smallest absolute Gasteiger partial charge is 0.343 e. The van der Waals surface area contributed by atoms with Gasteiger partial charge in [-0.3, -0.25) is 0 Å². The van der Waals surface area contributed by atoms with Gasteiger partial charge in [0.05, 0.1) is 12.2 Å². The van der Waals surface area contributed by atoms with E-state index < -0.39 is 0 Å². The van der Waals surface area contributed by atoms with Gasteiger partial charge < -0.3 is 9.47 Å². The normalized spacial score (nSPS) is 14.7. The molecule has 3 rings (SSSR count). The molecule has 1 aliphatic heterocycles. The Morgan fingerprint density at radius 3 is 2.40 bits per heavy atom. The third kappa shape index (κ3) is 6.09. The van der Waals surface area contributed by atoms with E-state index in [4.69, 9.17) is 9.47 Å². The van der Waals surface area contributed by atoms with Gasteiger partial charge in [-0.1, -0.05) is 74.9 Å². The van der Waals surface area contributed by atoms with Gasteiger partial charge in [0.15, 0.2) is 0 Å². The number of carbonyl (C=O) groups excluding carboxylic acids is 1. The fourth-order valence-corrected chi connectivity index (χ4v) is 3.62. The van der Waals surface area contributed by atoms with Crippen LogP contribution in [0.3, 0.4) is 0 Å². The number of unbranched alkanes of at least 4 members (excludes halogenated alkanes) is 5. The lowest BCUT2D eigenvalue weighted by Gasteiger charge is -2.06. The van der Waals surface area contributed by atoms with Crippen LogP contribution in [0.2, 0.25) is 0 Å². The minimum atomic E-state index is -0.312. The molecule has 0 atom stereocenters. The number of carbonyl (C=O) groups is 1. The lowest BCUT2D eigenvalue weighted by molar-refractivity contribution is -0.130. The molecular weight excluding hydrogens is 372 g/mol. The number of ether oxygens (including phenoxy) is 2. The highest BCUT2D eigenvalue weighted by Crippen LogP contribution is 2.30. The average Bonchev–Trinajstić information content (AvgIpc) is 3.08. The van der Waals surface area contributed by atoms with E-state index in [0.29, 0.717) is 11.3 Å². The van der Waals surface area contributed by atoms with Crippen molar-refractivity contribution in [3.05, 3.63) is 76.4 Å². The standard InChI is InChI=1S/C27H32O3/c1-4-5-6-7-8-9-16-29-24-13-11-22(12-14-24)18-23-19-26(30-27(23)28)25-15-10-20(2)17-21(25)3/h10-15,17-19H,4-9,16H2,1-3H3/b23-18-. The van der Waals surface area contributed by atoms with Crippen LogP contribution in [0.25, 0.3) is 11.8 Å². The Morgan fingerprint density at radius 1 is 0.933 bits per heavy atom. The van der Waals surface area contributed by atoms with Crippen molar-refractivity contribution in [2.45, 2.75) is 59.3 Å². The van der Waals surface area contributed by atoms with Gasteiger partial charge in [-0.15, -0.1) is 0 Å². The maximum absolute atomic E-state index is 12.3. The summed E-state index contributed by atoms with van der Waals surface area (Å²) in [5.74, 6) is 1.17. The van der Waals surface area contributed by atoms with Gasteiger partial charge in [0, 0.05) is 5.56 Å². The van der Waals surface area contributed by atoms with Crippen molar-refractivity contribution in [2.24, 2.45) is 0 Å². The maximum atomic E-state index is 12.3. The van der Waals surface area contributed by atoms with E-state index in [9.17, 15) is 4.79 Å². The zero-order valence-electron chi connectivity index (χ0n) is 18.4. The summed E-state index contributed by atoms with van der Waals surface area (Å²) in [6.07, 6.45) is 11.2. The predicted octanol–water partition coefficient (Wildman–Crippen LogP) is 7.02. The number of rotatable bonds is 10. The quantitative estimate of drug-likeness (QED) is 0.242. The predicted molar refractivity (Wildman–Crippen MR) is 123 cm³/mol. The van der Waals surface area contributed by atoms with Crippen molar-refractivity contribution in [3.63, 3.8) is 0 Å². The first kappa shape index (κ1) is 21.9. The Kier molecular flexibility index (Phi) is 7.89. The number of cyclic esters (lactones) is 1. The fraction of sp³-hybridized carbons (Fsp3) is 0.370. The van der Waals surface area contributed by atoms with Crippen LogP contribution in [0.4, 0.5) is 0 Å². The first-order valence-electron chi connectivity index (χ1n) is 11.0. The van der Waals surface area contributed by atoms with Crippen LogP contribution in [0, 0.1) is 13.8 Å². The van der Waals surface area contributed by atoms with Crippen molar-refractivity contribution in [2.75, 3.05) is 6.61 Å². The minimum Gasteiger partial charge on any atom is -0.494 e. The molecule has 0 fully saturated rings. The summed E-state index contributed by atoms with van der Waals surface area (Å²) in [4.78, 5) is 12.3. The van der Waals surface area contributed by atoms with Gasteiger partial charge in [0.2, 0.25) is 0 Å². The average molecular weight is 405 g/mol. The lowest BCUT2D eigenvalue weighted by atomic mass is 10.0. The van der Waals surface area contributed by atoms with Crippen LogP contribution >= 0.6 is 0 Å². The fourth-order valence-electron chi connectivity index (χ4n) is 3.62. The zero-order chi connectivity index (χ0) is 21.3. The molecule has 3 nitrogen and oxygen atoms in total. The molecule has 2 aromatic carbocycles. The van der Waals surface area contributed by atoms with E-state index in [1.54, 1.807) is 0 Å². The first-order chi connectivity index (χ1) is 14.6. The van der Waals surface area contributed by atoms with Crippen LogP contribution in [0.1, 0.15) is 67.7 Å². The second kappa shape index (κ2) is 10.8. The number of aryl methyl sites for hydroxylation is 2. The monoisotopic (exact) mass is 404 g/mol. The molecule has 158 valence electrons. The van der Waals surface area contributed by atoms with Crippen LogP contribution in [-0.2, 0) is 9.53 Å². The van der Waals surface area contributed by atoms with Crippen molar-refractivity contribution in [1.82, 2.24) is 0 Å². The Labute approximate surface area is 180 Å². The summed E-state index contributed by atoms with van der Waals surface area (Å²) in [6, 6.07) is 14.0. The number of benzene rings is 2. The molecule has 0 amide bonds. The highest BCUT2D eigenvalue weighted by Gasteiger charge is 2.22. The number of esters is 1. The topological polar surface area (TPSA) is 35.5 Å². The zero-order valence-corrected chi connectivity index (χ0v) is 18.4. The molecule has 0 spiro atoms. The molecule has 2 aromatic rings. The van der Waals surface area contributed by atoms with E-state index >= 15 is 0 Å². The molecule has 0 N–H and O–H groups in total. The third-order valence-electron chi connectivity index (χ3n) is 5.34. The van der Waals surface area contributed by atoms with Crippen molar-refractivity contribution in [1.29, 1.82) is 0 Å². The minimum absolute atomic E-state index is 0.312. The van der Waals surface area contributed by atoms with Crippen LogP contribution in [0.5, 0.6) is 5.75 Å². The molecule has 1 aliphatic rings. The van der Waals surface area contributed by atoms with Gasteiger partial charge in [-0.2, -0.15) is 0 Å². The molecule has 0 saturated heterocycles. The van der Waals surface area contributed by atoms with Crippen LogP contribution < -0.4 is 4.74 Å². The van der Waals surface area contributed by atoms with Gasteiger partial charge in [0.1, 0.15) is 11.5 Å². The molecule has 0 aromatic heterocycles. The molecule has 0 bridgehead atoms. The lowest BCUT2D eigenvalue weighted by Crippen LogP contribution is -1.98. The third-order valence-corrected chi connectivity index (χ3v) is 5.34. The van der Waals surface area contributed by atoms with E-state index in [0.717, 1.165) is 35.5 Å². The Morgan fingerprint density at radius 2 is 1.67 bits per heavy atom. The SMILES string of the molecule is CCCCCCCCOc1ccc(/C=C2/C=C(c3ccc(C)cc3C)OC2=O)cc1. The van der Waals surface area contributed by atoms with E-state index in [2.05, 4.69) is 19.9 Å². The maximum Gasteiger partial charge on any atom is 0.343 e. The molecule has 0 aliphatic carbocycles. The molecular formula is C27H32O3. The largest absolute Gasteiger partial charge is 0.494 e. The summed E-state index contributed by atoms with van der Waals surface area (Å²) in [5.41, 5.74) is 4.76. The second-order valence-corrected chi connectivity index (χ2v) is 8.00. The van der Waals surface area contributed by atoms with Crippen molar-refractivity contribution >= 4 is 17.8 Å². The summed E-state index contributed by atoms with van der Waals surface area (Å²) in [5, 5.41) is 0. The van der Waals surface area contributed by atoms with Gasteiger partial charge in [0.25, 0.3) is 0 Å². The molecule has 0 saturated carbocycles. The van der Waals surface area contributed by atoms with Gasteiger partial charge in [-0.05, 0) is 55.7 Å². The van der Waals surface area contributed by atoms with Crippen LogP contribution in [0.15, 0.2) is 54.1 Å². The van der Waals surface area contributed by atoms with E-state index in [-0.39, 0.29) is 5.97 Å². The van der Waals surface area contributed by atoms with Crippen molar-refractivity contribution in [3.8, 4) is 5.75 Å². The summed E-state index contributed by atoms with van der Waals surface area (Å²) in [7, 11) is 0. The van der Waals surface area contributed by atoms with E-state index in [1.807, 2.05) is 55.5 Å². The molecule has 30 heavy (non-hydrogen) atoms. The molecule has 3 heteroatoms. The number of hydrogen-bond acceptors (Lipinski definition) is 3. The van der Waals surface area contributed by atoms with Gasteiger partial charge >= 0.3 is 5.97 Å².